The number of nitrogens with zero attached hydrogens (tertiary/aromatic N) is 1. The molecule has 0 aliphatic heterocycles. The lowest BCUT2D eigenvalue weighted by Gasteiger charge is -2.19. The van der Waals surface area contributed by atoms with Crippen molar-refractivity contribution >= 4 is 11.7 Å². The van der Waals surface area contributed by atoms with Gasteiger partial charge in [-0.15, -0.1) is 0 Å². The predicted octanol–water partition coefficient (Wildman–Crippen LogP) is 3.04. The lowest BCUT2D eigenvalue weighted by molar-refractivity contribution is 0.0697. The summed E-state index contributed by atoms with van der Waals surface area (Å²) in [5.74, 6) is -0.635. The summed E-state index contributed by atoms with van der Waals surface area (Å²) < 4.78 is 18.6. The minimum atomic E-state index is -0.965. The van der Waals surface area contributed by atoms with Crippen LogP contribution in [0.2, 0.25) is 0 Å². The first-order valence-corrected chi connectivity index (χ1v) is 6.49. The lowest BCUT2D eigenvalue weighted by atomic mass is 10.2. The fraction of sp³-hybridized carbons (Fsp3) is 0.188. The topological polar surface area (TPSA) is 49.8 Å². The maximum atomic E-state index is 13.1. The first kappa shape index (κ1) is 14.8. The molecule has 0 aliphatic rings. The van der Waals surface area contributed by atoms with Gasteiger partial charge in [-0.05, 0) is 42.5 Å². The van der Waals surface area contributed by atoms with Gasteiger partial charge in [-0.1, -0.05) is 6.07 Å². The molecule has 0 heterocycles. The van der Waals surface area contributed by atoms with E-state index in [1.165, 1.54) is 24.3 Å². The molecule has 2 aromatic carbocycles. The van der Waals surface area contributed by atoms with E-state index in [9.17, 15) is 9.18 Å². The molecule has 0 saturated carbocycles. The number of carboxylic acids is 1. The van der Waals surface area contributed by atoms with Gasteiger partial charge in [-0.25, -0.2) is 9.18 Å². The lowest BCUT2D eigenvalue weighted by Crippen LogP contribution is -2.23. The minimum Gasteiger partial charge on any atom is -0.492 e. The molecule has 5 heteroatoms. The van der Waals surface area contributed by atoms with E-state index in [1.807, 2.05) is 18.0 Å². The zero-order chi connectivity index (χ0) is 15.2. The number of hydrogen-bond acceptors (Lipinski definition) is 3. The Labute approximate surface area is 122 Å². The number of likely N-dealkylation sites (N-methyl/N-ethyl adjacent to an activating group) is 1. The monoisotopic (exact) mass is 289 g/mol. The summed E-state index contributed by atoms with van der Waals surface area (Å²) in [7, 11) is 1.85. The second kappa shape index (κ2) is 6.74. The van der Waals surface area contributed by atoms with Crippen LogP contribution in [0.4, 0.5) is 10.1 Å². The third-order valence-electron chi connectivity index (χ3n) is 3.05. The molecule has 0 aliphatic carbocycles. The van der Waals surface area contributed by atoms with Crippen LogP contribution in [0.25, 0.3) is 0 Å². The van der Waals surface area contributed by atoms with Crippen LogP contribution in [0.3, 0.4) is 0 Å². The van der Waals surface area contributed by atoms with Gasteiger partial charge in [0.05, 0.1) is 12.1 Å². The Morgan fingerprint density at radius 3 is 2.57 bits per heavy atom. The standard InChI is InChI=1S/C16H16FNO3/c1-18(14-4-2-3-13(17)11-14)9-10-21-15-7-5-12(6-8-15)16(19)20/h2-8,11H,9-10H2,1H3,(H,19,20). The summed E-state index contributed by atoms with van der Waals surface area (Å²) in [6.07, 6.45) is 0. The molecule has 0 saturated heterocycles. The SMILES string of the molecule is CN(CCOc1ccc(C(=O)O)cc1)c1cccc(F)c1. The molecule has 0 radical (unpaired) electrons. The van der Waals surface area contributed by atoms with Gasteiger partial charge in [0.25, 0.3) is 0 Å². The Kier molecular flexibility index (Phi) is 4.77. The molecule has 110 valence electrons. The molecule has 0 fully saturated rings. The second-order valence-corrected chi connectivity index (χ2v) is 4.58. The van der Waals surface area contributed by atoms with Crippen LogP contribution in [0.15, 0.2) is 48.5 Å². The van der Waals surface area contributed by atoms with E-state index >= 15 is 0 Å². The van der Waals surface area contributed by atoms with Crippen molar-refractivity contribution in [1.29, 1.82) is 0 Å². The van der Waals surface area contributed by atoms with Crippen molar-refractivity contribution in [2.75, 3.05) is 25.1 Å². The minimum absolute atomic E-state index is 0.222. The molecule has 0 unspecified atom stereocenters. The van der Waals surface area contributed by atoms with E-state index in [1.54, 1.807) is 18.2 Å². The first-order valence-electron chi connectivity index (χ1n) is 6.49. The summed E-state index contributed by atoms with van der Waals surface area (Å²) in [4.78, 5) is 12.6. The third kappa shape index (κ3) is 4.21. The molecule has 2 rings (SSSR count). The van der Waals surface area contributed by atoms with E-state index in [2.05, 4.69) is 0 Å². The number of carboxylic acid groups (broad SMARTS) is 1. The van der Waals surface area contributed by atoms with Crippen LogP contribution in [0.1, 0.15) is 10.4 Å². The van der Waals surface area contributed by atoms with Crippen LogP contribution >= 0.6 is 0 Å². The van der Waals surface area contributed by atoms with Crippen molar-refractivity contribution in [3.63, 3.8) is 0 Å². The van der Waals surface area contributed by atoms with Crippen LogP contribution in [-0.2, 0) is 0 Å². The fourth-order valence-electron chi connectivity index (χ4n) is 1.84. The third-order valence-corrected chi connectivity index (χ3v) is 3.05. The molecule has 0 aromatic heterocycles. The Hall–Kier alpha value is -2.56. The van der Waals surface area contributed by atoms with Crippen LogP contribution in [-0.4, -0.2) is 31.3 Å². The highest BCUT2D eigenvalue weighted by Crippen LogP contribution is 2.15. The van der Waals surface area contributed by atoms with Gasteiger partial charge < -0.3 is 14.7 Å². The molecular weight excluding hydrogens is 273 g/mol. The number of ether oxygens (including phenoxy) is 1. The summed E-state index contributed by atoms with van der Waals surface area (Å²) in [6.45, 7) is 1.00. The van der Waals surface area contributed by atoms with E-state index < -0.39 is 5.97 Å². The molecule has 0 amide bonds. The Balaban J connectivity index is 1.85. The van der Waals surface area contributed by atoms with Crippen molar-refractivity contribution in [3.8, 4) is 5.75 Å². The van der Waals surface area contributed by atoms with Gasteiger partial charge >= 0.3 is 5.97 Å². The quantitative estimate of drug-likeness (QED) is 0.888. The number of benzene rings is 2. The van der Waals surface area contributed by atoms with Gasteiger partial charge in [0.2, 0.25) is 0 Å². The normalized spacial score (nSPS) is 10.2. The van der Waals surface area contributed by atoms with Crippen LogP contribution in [0, 0.1) is 5.82 Å². The number of hydrogen-bond donors (Lipinski definition) is 1. The largest absolute Gasteiger partial charge is 0.492 e. The molecular formula is C16H16FNO3. The first-order chi connectivity index (χ1) is 10.1. The average Bonchev–Trinajstić information content (AvgIpc) is 2.47. The molecule has 4 nitrogen and oxygen atoms in total. The average molecular weight is 289 g/mol. The van der Waals surface area contributed by atoms with Gasteiger partial charge in [0.15, 0.2) is 0 Å². The van der Waals surface area contributed by atoms with Gasteiger partial charge in [-0.3, -0.25) is 0 Å². The van der Waals surface area contributed by atoms with Crippen molar-refractivity contribution in [2.45, 2.75) is 0 Å². The molecule has 21 heavy (non-hydrogen) atoms. The second-order valence-electron chi connectivity index (χ2n) is 4.58. The van der Waals surface area contributed by atoms with Gasteiger partial charge in [0.1, 0.15) is 18.2 Å². The predicted molar refractivity (Wildman–Crippen MR) is 78.6 cm³/mol. The van der Waals surface area contributed by atoms with E-state index in [4.69, 9.17) is 9.84 Å². The maximum Gasteiger partial charge on any atom is 0.335 e. The van der Waals surface area contributed by atoms with Crippen molar-refractivity contribution in [2.24, 2.45) is 0 Å². The Morgan fingerprint density at radius 1 is 1.24 bits per heavy atom. The van der Waals surface area contributed by atoms with Gasteiger partial charge in [0, 0.05) is 12.7 Å². The number of carbonyl (C=O) groups is 1. The number of anilines is 1. The van der Waals surface area contributed by atoms with Crippen molar-refractivity contribution in [3.05, 3.63) is 59.9 Å². The highest BCUT2D eigenvalue weighted by Gasteiger charge is 2.04. The zero-order valence-electron chi connectivity index (χ0n) is 11.6. The highest BCUT2D eigenvalue weighted by atomic mass is 19.1. The molecule has 0 bridgehead atoms. The highest BCUT2D eigenvalue weighted by molar-refractivity contribution is 5.87. The van der Waals surface area contributed by atoms with Crippen molar-refractivity contribution < 1.29 is 19.0 Å². The van der Waals surface area contributed by atoms with Crippen molar-refractivity contribution in [1.82, 2.24) is 0 Å². The molecule has 0 spiro atoms. The van der Waals surface area contributed by atoms with Gasteiger partial charge in [-0.2, -0.15) is 0 Å². The van der Waals surface area contributed by atoms with Crippen LogP contribution < -0.4 is 9.64 Å². The van der Waals surface area contributed by atoms with E-state index in [-0.39, 0.29) is 11.4 Å². The zero-order valence-corrected chi connectivity index (χ0v) is 11.6. The number of halogens is 1. The molecule has 1 N–H and O–H groups in total. The summed E-state index contributed by atoms with van der Waals surface area (Å²) in [5.41, 5.74) is 0.999. The molecule has 0 atom stereocenters. The van der Waals surface area contributed by atoms with E-state index in [0.717, 1.165) is 5.69 Å². The maximum absolute atomic E-state index is 13.1. The number of aromatic carboxylic acids is 1. The summed E-state index contributed by atoms with van der Waals surface area (Å²) in [6, 6.07) is 12.6. The van der Waals surface area contributed by atoms with E-state index in [0.29, 0.717) is 18.9 Å². The Morgan fingerprint density at radius 2 is 1.95 bits per heavy atom. The van der Waals surface area contributed by atoms with Crippen LogP contribution in [0.5, 0.6) is 5.75 Å². The number of rotatable bonds is 6. The summed E-state index contributed by atoms with van der Waals surface area (Å²) >= 11 is 0. The summed E-state index contributed by atoms with van der Waals surface area (Å²) in [5, 5.41) is 8.79. The molecule has 2 aromatic rings. The smallest absolute Gasteiger partial charge is 0.335 e. The fourth-order valence-corrected chi connectivity index (χ4v) is 1.84. The Bertz CT molecular complexity index is 613.